The van der Waals surface area contributed by atoms with E-state index in [1.54, 1.807) is 80.0 Å². The molecule has 3 aromatic carbocycles. The summed E-state index contributed by atoms with van der Waals surface area (Å²) in [5, 5.41) is 24.6. The van der Waals surface area contributed by atoms with Gasteiger partial charge in [-0.2, -0.15) is 5.26 Å². The molecule has 0 spiro atoms. The first-order valence-corrected chi connectivity index (χ1v) is 11.7. The van der Waals surface area contributed by atoms with Gasteiger partial charge in [-0.15, -0.1) is 0 Å². The first-order chi connectivity index (χ1) is 18.6. The Labute approximate surface area is 219 Å². The molecule has 0 unspecified atom stereocenters. The fourth-order valence-electron chi connectivity index (χ4n) is 3.52. The Morgan fingerprint density at radius 2 is 1.61 bits per heavy atom. The van der Waals surface area contributed by atoms with Gasteiger partial charge >= 0.3 is 6.03 Å². The number of aromatic nitrogens is 1. The molecule has 10 heteroatoms. The molecule has 0 aliphatic rings. The van der Waals surface area contributed by atoms with Crippen molar-refractivity contribution >= 4 is 28.3 Å². The number of methoxy groups -OCH3 is 1. The van der Waals surface area contributed by atoms with E-state index in [-0.39, 0.29) is 32.5 Å². The maximum atomic E-state index is 12.3. The molecule has 3 N–H and O–H groups in total. The lowest BCUT2D eigenvalue weighted by molar-refractivity contribution is 0.0705. The number of aliphatic hydroxyl groups excluding tert-OH is 1. The lowest BCUT2D eigenvalue weighted by Gasteiger charge is -2.13. The zero-order valence-electron chi connectivity index (χ0n) is 20.6. The molecule has 0 fully saturated rings. The number of pyridine rings is 1. The van der Waals surface area contributed by atoms with Crippen LogP contribution in [0.5, 0.6) is 23.0 Å². The van der Waals surface area contributed by atoms with Gasteiger partial charge in [-0.05, 0) is 60.7 Å². The maximum absolute atomic E-state index is 12.3. The molecule has 194 valence electrons. The number of rotatable bonds is 11. The Balaban J connectivity index is 1.41. The van der Waals surface area contributed by atoms with Gasteiger partial charge in [-0.1, -0.05) is 0 Å². The highest BCUT2D eigenvalue weighted by Crippen LogP contribution is 2.33. The van der Waals surface area contributed by atoms with Crippen LogP contribution >= 0.6 is 0 Å². The summed E-state index contributed by atoms with van der Waals surface area (Å²) in [6.45, 7) is 0.677. The minimum Gasteiger partial charge on any atom is -0.497 e. The second-order valence-electron chi connectivity index (χ2n) is 7.90. The summed E-state index contributed by atoms with van der Waals surface area (Å²) >= 11 is 0. The Kier molecular flexibility index (Phi) is 8.91. The lowest BCUT2D eigenvalue weighted by atomic mass is 10.1. The van der Waals surface area contributed by atoms with Crippen molar-refractivity contribution < 1.29 is 28.8 Å². The molecule has 4 rings (SSSR count). The van der Waals surface area contributed by atoms with E-state index in [2.05, 4.69) is 21.7 Å². The van der Waals surface area contributed by atoms with Crippen LogP contribution in [0.25, 0.3) is 10.9 Å². The summed E-state index contributed by atoms with van der Waals surface area (Å²) < 4.78 is 22.0. The number of hydrogen-bond donors (Lipinski definition) is 3. The van der Waals surface area contributed by atoms with E-state index in [9.17, 15) is 10.1 Å². The average Bonchev–Trinajstić information content (AvgIpc) is 2.94. The Hall–Kier alpha value is -4.85. The van der Waals surface area contributed by atoms with Crippen LogP contribution in [0.15, 0.2) is 72.9 Å². The second kappa shape index (κ2) is 12.9. The molecule has 2 amide bonds. The Bertz CT molecular complexity index is 1420. The van der Waals surface area contributed by atoms with Gasteiger partial charge in [0, 0.05) is 29.0 Å². The van der Waals surface area contributed by atoms with Crippen LogP contribution in [0.3, 0.4) is 0 Å². The molecule has 1 heterocycles. The van der Waals surface area contributed by atoms with Gasteiger partial charge in [-0.3, -0.25) is 4.98 Å². The molecular weight excluding hydrogens is 488 g/mol. The van der Waals surface area contributed by atoms with Gasteiger partial charge in [0.15, 0.2) is 0 Å². The number of aliphatic hydroxyl groups is 1. The topological polar surface area (TPSA) is 135 Å². The molecule has 0 saturated heterocycles. The third-order valence-electron chi connectivity index (χ3n) is 5.33. The Morgan fingerprint density at radius 3 is 2.24 bits per heavy atom. The molecule has 4 aromatic rings. The second-order valence-corrected chi connectivity index (χ2v) is 7.90. The zero-order chi connectivity index (χ0) is 26.7. The minimum absolute atomic E-state index is 0.0642. The van der Waals surface area contributed by atoms with Crippen molar-refractivity contribution in [3.8, 4) is 29.1 Å². The first kappa shape index (κ1) is 26.2. The van der Waals surface area contributed by atoms with E-state index < -0.39 is 0 Å². The fourth-order valence-corrected chi connectivity index (χ4v) is 3.52. The molecule has 0 saturated carbocycles. The van der Waals surface area contributed by atoms with Gasteiger partial charge in [0.25, 0.3) is 0 Å². The summed E-state index contributed by atoms with van der Waals surface area (Å²) in [7, 11) is 1.58. The quantitative estimate of drug-likeness (QED) is 0.240. The normalized spacial score (nSPS) is 10.4. The number of ether oxygens (including phenoxy) is 4. The summed E-state index contributed by atoms with van der Waals surface area (Å²) in [5.41, 5.74) is 2.15. The minimum atomic E-state index is -0.383. The van der Waals surface area contributed by atoms with E-state index in [0.29, 0.717) is 50.8 Å². The van der Waals surface area contributed by atoms with Crippen molar-refractivity contribution in [2.24, 2.45) is 0 Å². The van der Waals surface area contributed by atoms with Crippen LogP contribution in [-0.4, -0.2) is 49.7 Å². The molecule has 1 aromatic heterocycles. The van der Waals surface area contributed by atoms with Gasteiger partial charge in [-0.25, -0.2) is 4.79 Å². The van der Waals surface area contributed by atoms with Gasteiger partial charge in [0.05, 0.1) is 38.0 Å². The molecule has 0 atom stereocenters. The monoisotopic (exact) mass is 514 g/mol. The third kappa shape index (κ3) is 6.88. The predicted octanol–water partition coefficient (Wildman–Crippen LogP) is 4.94. The molecule has 10 nitrogen and oxygen atoms in total. The number of nitrogens with one attached hydrogen (secondary N) is 2. The van der Waals surface area contributed by atoms with Crippen LogP contribution in [0, 0.1) is 11.3 Å². The molecule has 0 aliphatic carbocycles. The average molecular weight is 515 g/mol. The fraction of sp³-hybridized carbons (Fsp3) is 0.179. The number of nitriles is 1. The number of carbonyl (C=O) groups is 1. The Morgan fingerprint density at radius 1 is 0.921 bits per heavy atom. The molecule has 0 bridgehead atoms. The number of amides is 2. The van der Waals surface area contributed by atoms with E-state index in [1.165, 1.54) is 0 Å². The highest BCUT2D eigenvalue weighted by Gasteiger charge is 2.12. The number of fused-ring (bicyclic) bond motifs is 1. The van der Waals surface area contributed by atoms with Gasteiger partial charge in [0.2, 0.25) is 0 Å². The number of hydrogen-bond acceptors (Lipinski definition) is 8. The van der Waals surface area contributed by atoms with E-state index in [1.807, 2.05) is 0 Å². The van der Waals surface area contributed by atoms with Crippen LogP contribution in [0.1, 0.15) is 5.56 Å². The van der Waals surface area contributed by atoms with Crippen LogP contribution in [-0.2, 0) is 4.74 Å². The van der Waals surface area contributed by atoms with E-state index in [0.717, 1.165) is 0 Å². The van der Waals surface area contributed by atoms with Crippen molar-refractivity contribution in [3.05, 3.63) is 78.5 Å². The molecule has 0 radical (unpaired) electrons. The van der Waals surface area contributed by atoms with Crippen LogP contribution in [0.4, 0.5) is 16.2 Å². The number of carbonyl (C=O) groups excluding carboxylic acids is 1. The van der Waals surface area contributed by atoms with E-state index >= 15 is 0 Å². The maximum Gasteiger partial charge on any atom is 0.323 e. The molecule has 0 aliphatic heterocycles. The smallest absolute Gasteiger partial charge is 0.323 e. The zero-order valence-corrected chi connectivity index (χ0v) is 20.6. The van der Waals surface area contributed by atoms with Crippen molar-refractivity contribution in [1.82, 2.24) is 4.98 Å². The summed E-state index contributed by atoms with van der Waals surface area (Å²) in [4.78, 5) is 16.7. The SMILES string of the molecule is COc1ccc(NC(=O)Nc2ccc(Oc3ccnc4cc(OCCOCCO)c(C#N)cc34)cc2)cc1. The van der Waals surface area contributed by atoms with Gasteiger partial charge in [0.1, 0.15) is 35.7 Å². The highest BCUT2D eigenvalue weighted by molar-refractivity contribution is 5.99. The predicted molar refractivity (Wildman–Crippen MR) is 142 cm³/mol. The highest BCUT2D eigenvalue weighted by atomic mass is 16.5. The number of anilines is 2. The van der Waals surface area contributed by atoms with E-state index in [4.69, 9.17) is 24.1 Å². The molecular formula is C28H26N4O6. The number of benzene rings is 3. The molecule has 38 heavy (non-hydrogen) atoms. The summed E-state index contributed by atoms with van der Waals surface area (Å²) in [5.74, 6) is 2.15. The van der Waals surface area contributed by atoms with Crippen molar-refractivity contribution in [2.75, 3.05) is 44.2 Å². The lowest BCUT2D eigenvalue weighted by Crippen LogP contribution is -2.19. The number of nitrogens with zero attached hydrogens (tertiary/aromatic N) is 2. The van der Waals surface area contributed by atoms with Crippen molar-refractivity contribution in [1.29, 1.82) is 5.26 Å². The third-order valence-corrected chi connectivity index (χ3v) is 5.33. The van der Waals surface area contributed by atoms with Crippen LogP contribution in [0.2, 0.25) is 0 Å². The van der Waals surface area contributed by atoms with Gasteiger partial charge < -0.3 is 34.7 Å². The number of urea groups is 1. The summed E-state index contributed by atoms with van der Waals surface area (Å²) in [6, 6.07) is 20.7. The largest absolute Gasteiger partial charge is 0.497 e. The van der Waals surface area contributed by atoms with Crippen molar-refractivity contribution in [3.63, 3.8) is 0 Å². The summed E-state index contributed by atoms with van der Waals surface area (Å²) in [6.07, 6.45) is 1.61. The van der Waals surface area contributed by atoms with Crippen LogP contribution < -0.4 is 24.8 Å². The standard InChI is InChI=1S/C28H26N4O6/c1-35-22-6-2-20(3-7-22)31-28(34)32-21-4-8-23(9-5-21)38-26-10-11-30-25-17-27(19(18-29)16-24(25)26)37-15-14-36-13-12-33/h2-11,16-17,33H,12-15H2,1H3,(H2,31,32,34). The first-order valence-electron chi connectivity index (χ1n) is 11.7. The van der Waals surface area contributed by atoms with Crippen molar-refractivity contribution in [2.45, 2.75) is 0 Å².